The Kier molecular flexibility index (Phi) is 5.65. The Morgan fingerprint density at radius 3 is 2.93 bits per heavy atom. The first kappa shape index (κ1) is 18.4. The van der Waals surface area contributed by atoms with E-state index in [1.807, 2.05) is 18.2 Å². The molecule has 0 spiro atoms. The molecule has 2 amide bonds. The van der Waals surface area contributed by atoms with Gasteiger partial charge in [-0.25, -0.2) is 4.79 Å². The summed E-state index contributed by atoms with van der Waals surface area (Å²) >= 11 is 0. The Hall–Kier alpha value is -3.42. The van der Waals surface area contributed by atoms with Crippen LogP contribution in [-0.2, 0) is 6.42 Å². The van der Waals surface area contributed by atoms with Crippen molar-refractivity contribution in [3.63, 3.8) is 0 Å². The van der Waals surface area contributed by atoms with E-state index in [2.05, 4.69) is 15.6 Å². The molecule has 140 valence electrons. The number of fused-ring (bicyclic) bond motifs is 1. The van der Waals surface area contributed by atoms with E-state index in [9.17, 15) is 14.9 Å². The van der Waals surface area contributed by atoms with E-state index in [-0.39, 0.29) is 5.69 Å². The number of nitro benzene ring substituents is 1. The summed E-state index contributed by atoms with van der Waals surface area (Å²) in [5.74, 6) is 0.778. The van der Waals surface area contributed by atoms with E-state index in [1.54, 1.807) is 13.2 Å². The third-order valence-electron chi connectivity index (χ3n) is 4.27. The largest absolute Gasteiger partial charge is 0.497 e. The molecule has 0 aromatic heterocycles. The highest BCUT2D eigenvalue weighted by atomic mass is 16.6. The van der Waals surface area contributed by atoms with Gasteiger partial charge in [0.2, 0.25) is 0 Å². The minimum atomic E-state index is -0.504. The van der Waals surface area contributed by atoms with Crippen LogP contribution in [0.3, 0.4) is 0 Å². The van der Waals surface area contributed by atoms with E-state index < -0.39 is 11.0 Å². The number of carbonyl (C=O) groups excluding carboxylic acids is 1. The number of benzene rings is 2. The van der Waals surface area contributed by atoms with Crippen LogP contribution in [0, 0.1) is 10.1 Å². The molecule has 2 aromatic rings. The fourth-order valence-electron chi connectivity index (χ4n) is 2.95. The third-order valence-corrected chi connectivity index (χ3v) is 4.27. The number of amides is 2. The van der Waals surface area contributed by atoms with Crippen molar-refractivity contribution in [2.45, 2.75) is 12.8 Å². The first-order chi connectivity index (χ1) is 13.1. The molecule has 3 rings (SSSR count). The molecule has 0 atom stereocenters. The molecule has 1 aliphatic heterocycles. The molecule has 0 saturated heterocycles. The predicted octanol–water partition coefficient (Wildman–Crippen LogP) is 3.16. The summed E-state index contributed by atoms with van der Waals surface area (Å²) in [5, 5.41) is 16.1. The Morgan fingerprint density at radius 1 is 1.30 bits per heavy atom. The number of hydrogen-bond acceptors (Lipinski definition) is 5. The molecule has 8 nitrogen and oxygen atoms in total. The second kappa shape index (κ2) is 8.31. The number of nitro groups is 1. The smallest absolute Gasteiger partial charge is 0.319 e. The number of rotatable bonds is 6. The molecule has 8 heteroatoms. The van der Waals surface area contributed by atoms with Gasteiger partial charge in [-0.2, -0.15) is 0 Å². The molecule has 0 aliphatic carbocycles. The average Bonchev–Trinajstić information content (AvgIpc) is 2.68. The highest BCUT2D eigenvalue weighted by molar-refractivity contribution is 6.03. The summed E-state index contributed by atoms with van der Waals surface area (Å²) in [4.78, 5) is 26.9. The van der Waals surface area contributed by atoms with Crippen LogP contribution in [0.15, 0.2) is 47.5 Å². The SMILES string of the molecule is COc1ccc2c(c1)C(CCNC(=O)Nc1cccc([N+](=O)[O-])c1)=NCC2. The van der Waals surface area contributed by atoms with Gasteiger partial charge in [-0.3, -0.25) is 15.1 Å². The van der Waals surface area contributed by atoms with Crippen molar-refractivity contribution in [1.29, 1.82) is 0 Å². The molecule has 0 unspecified atom stereocenters. The van der Waals surface area contributed by atoms with Gasteiger partial charge in [-0.1, -0.05) is 12.1 Å². The number of nitrogens with zero attached hydrogens (tertiary/aromatic N) is 2. The van der Waals surface area contributed by atoms with Gasteiger partial charge in [0.1, 0.15) is 5.75 Å². The summed E-state index contributed by atoms with van der Waals surface area (Å²) < 4.78 is 5.28. The summed E-state index contributed by atoms with van der Waals surface area (Å²) in [7, 11) is 1.63. The van der Waals surface area contributed by atoms with E-state index in [4.69, 9.17) is 4.74 Å². The molecule has 0 saturated carbocycles. The van der Waals surface area contributed by atoms with Crippen molar-refractivity contribution in [1.82, 2.24) is 5.32 Å². The molecule has 1 aliphatic rings. The lowest BCUT2D eigenvalue weighted by atomic mass is 9.95. The normalized spacial score (nSPS) is 12.6. The first-order valence-electron chi connectivity index (χ1n) is 8.57. The number of carbonyl (C=O) groups is 1. The molecule has 27 heavy (non-hydrogen) atoms. The zero-order chi connectivity index (χ0) is 19.2. The highest BCUT2D eigenvalue weighted by Crippen LogP contribution is 2.23. The van der Waals surface area contributed by atoms with Crippen molar-refractivity contribution >= 4 is 23.1 Å². The minimum Gasteiger partial charge on any atom is -0.497 e. The van der Waals surface area contributed by atoms with Crippen LogP contribution in [0.4, 0.5) is 16.2 Å². The van der Waals surface area contributed by atoms with Gasteiger partial charge in [-0.15, -0.1) is 0 Å². The molecular weight excluding hydrogens is 348 g/mol. The van der Waals surface area contributed by atoms with Crippen molar-refractivity contribution in [3.05, 3.63) is 63.7 Å². The quantitative estimate of drug-likeness (QED) is 0.603. The monoisotopic (exact) mass is 368 g/mol. The number of anilines is 1. The Labute approximate surface area is 156 Å². The zero-order valence-corrected chi connectivity index (χ0v) is 14.9. The van der Waals surface area contributed by atoms with Crippen LogP contribution in [0.2, 0.25) is 0 Å². The maximum atomic E-state index is 12.0. The standard InChI is InChI=1S/C19H20N4O4/c1-27-16-6-5-13-7-9-20-18(17(13)12-16)8-10-21-19(24)22-14-3-2-4-15(11-14)23(25)26/h2-6,11-12H,7-10H2,1H3,(H2,21,22,24). The topological polar surface area (TPSA) is 106 Å². The average molecular weight is 368 g/mol. The summed E-state index contributed by atoms with van der Waals surface area (Å²) in [6, 6.07) is 11.3. The molecule has 0 bridgehead atoms. The molecule has 1 heterocycles. The summed E-state index contributed by atoms with van der Waals surface area (Å²) in [5.41, 5.74) is 3.51. The van der Waals surface area contributed by atoms with E-state index in [1.165, 1.54) is 23.8 Å². The molecule has 0 radical (unpaired) electrons. The van der Waals surface area contributed by atoms with Gasteiger partial charge < -0.3 is 15.4 Å². The van der Waals surface area contributed by atoms with Gasteiger partial charge >= 0.3 is 6.03 Å². The van der Waals surface area contributed by atoms with Crippen molar-refractivity contribution < 1.29 is 14.5 Å². The molecule has 2 aromatic carbocycles. The number of urea groups is 1. The lowest BCUT2D eigenvalue weighted by Crippen LogP contribution is -2.31. The van der Waals surface area contributed by atoms with Gasteiger partial charge in [-0.05, 0) is 30.2 Å². The van der Waals surface area contributed by atoms with Crippen molar-refractivity contribution in [2.75, 3.05) is 25.5 Å². The fraction of sp³-hybridized carbons (Fsp3) is 0.263. The van der Waals surface area contributed by atoms with Gasteiger partial charge in [0.15, 0.2) is 0 Å². The summed E-state index contributed by atoms with van der Waals surface area (Å²) in [6.07, 6.45) is 1.48. The summed E-state index contributed by atoms with van der Waals surface area (Å²) in [6.45, 7) is 1.13. The van der Waals surface area contributed by atoms with Gasteiger partial charge in [0.25, 0.3) is 5.69 Å². The number of non-ortho nitro benzene ring substituents is 1. The maximum Gasteiger partial charge on any atom is 0.319 e. The van der Waals surface area contributed by atoms with Crippen molar-refractivity contribution in [2.24, 2.45) is 4.99 Å². The molecular formula is C19H20N4O4. The number of nitrogens with one attached hydrogen (secondary N) is 2. The Balaban J connectivity index is 1.56. The third kappa shape index (κ3) is 4.60. The minimum absolute atomic E-state index is 0.0742. The fourth-order valence-corrected chi connectivity index (χ4v) is 2.95. The van der Waals surface area contributed by atoms with Crippen LogP contribution in [0.1, 0.15) is 17.5 Å². The van der Waals surface area contributed by atoms with Crippen LogP contribution >= 0.6 is 0 Å². The zero-order valence-electron chi connectivity index (χ0n) is 14.9. The van der Waals surface area contributed by atoms with Gasteiger partial charge in [0.05, 0.1) is 12.0 Å². The second-order valence-corrected chi connectivity index (χ2v) is 6.04. The lowest BCUT2D eigenvalue weighted by Gasteiger charge is -2.18. The van der Waals surface area contributed by atoms with Crippen LogP contribution < -0.4 is 15.4 Å². The Bertz CT molecular complexity index is 895. The van der Waals surface area contributed by atoms with E-state index in [0.29, 0.717) is 18.7 Å². The van der Waals surface area contributed by atoms with Crippen molar-refractivity contribution in [3.8, 4) is 5.75 Å². The van der Waals surface area contributed by atoms with E-state index in [0.717, 1.165) is 30.0 Å². The first-order valence-corrected chi connectivity index (χ1v) is 8.57. The maximum absolute atomic E-state index is 12.0. The molecule has 0 fully saturated rings. The van der Waals surface area contributed by atoms with Gasteiger partial charge in [0, 0.05) is 48.6 Å². The van der Waals surface area contributed by atoms with E-state index >= 15 is 0 Å². The number of aliphatic imine (C=N–C) groups is 1. The number of methoxy groups -OCH3 is 1. The van der Waals surface area contributed by atoms with Crippen LogP contribution in [0.5, 0.6) is 5.75 Å². The lowest BCUT2D eigenvalue weighted by molar-refractivity contribution is -0.384. The van der Waals surface area contributed by atoms with Crippen LogP contribution in [-0.4, -0.2) is 36.9 Å². The second-order valence-electron chi connectivity index (χ2n) is 6.04. The molecule has 2 N–H and O–H groups in total. The highest BCUT2D eigenvalue weighted by Gasteiger charge is 2.15. The Morgan fingerprint density at radius 2 is 2.15 bits per heavy atom. The number of ether oxygens (including phenoxy) is 1. The predicted molar refractivity (Wildman–Crippen MR) is 103 cm³/mol. The van der Waals surface area contributed by atoms with Crippen LogP contribution in [0.25, 0.3) is 0 Å². The number of hydrogen-bond donors (Lipinski definition) is 2.